The Balaban J connectivity index is 1.79. The zero-order chi connectivity index (χ0) is 15.6. The van der Waals surface area contributed by atoms with E-state index in [0.29, 0.717) is 0 Å². The number of nitro benzene ring substituents is 1. The summed E-state index contributed by atoms with van der Waals surface area (Å²) in [7, 11) is 0. The highest BCUT2D eigenvalue weighted by molar-refractivity contribution is 6.23. The van der Waals surface area contributed by atoms with Crippen molar-refractivity contribution in [1.82, 2.24) is 0 Å². The van der Waals surface area contributed by atoms with E-state index in [1.165, 1.54) is 0 Å². The van der Waals surface area contributed by atoms with Crippen molar-refractivity contribution in [3.63, 3.8) is 0 Å². The first-order valence-electron chi connectivity index (χ1n) is 6.99. The van der Waals surface area contributed by atoms with Crippen molar-refractivity contribution in [3.8, 4) is 0 Å². The van der Waals surface area contributed by atoms with Crippen LogP contribution in [0.4, 0.5) is 15.8 Å². The molecule has 22 heavy (non-hydrogen) atoms. The third-order valence-electron chi connectivity index (χ3n) is 4.85. The van der Waals surface area contributed by atoms with Gasteiger partial charge in [0.25, 0.3) is 5.69 Å². The fourth-order valence-corrected chi connectivity index (χ4v) is 3.93. The Morgan fingerprint density at radius 3 is 2.27 bits per heavy atom. The van der Waals surface area contributed by atoms with Crippen LogP contribution in [-0.2, 0) is 9.59 Å². The van der Waals surface area contributed by atoms with Crippen molar-refractivity contribution in [3.05, 3.63) is 46.3 Å². The van der Waals surface area contributed by atoms with Gasteiger partial charge >= 0.3 is 0 Å². The molecule has 4 atom stereocenters. The van der Waals surface area contributed by atoms with Crippen LogP contribution < -0.4 is 4.90 Å². The normalized spacial score (nSPS) is 32.0. The Kier molecular flexibility index (Phi) is 2.52. The minimum absolute atomic E-state index is 0.0122. The number of nitrogens with zero attached hydrogens (tertiary/aromatic N) is 2. The summed E-state index contributed by atoms with van der Waals surface area (Å²) in [6.45, 7) is 0. The van der Waals surface area contributed by atoms with E-state index >= 15 is 0 Å². The molecule has 3 aliphatic rings. The highest BCUT2D eigenvalue weighted by Crippen LogP contribution is 2.53. The number of anilines is 1. The molecule has 1 aromatic carbocycles. The molecule has 1 aliphatic heterocycles. The van der Waals surface area contributed by atoms with Gasteiger partial charge in [-0.1, -0.05) is 12.2 Å². The summed E-state index contributed by atoms with van der Waals surface area (Å²) in [6, 6.07) is 2.87. The molecular formula is C15H11FN2O4. The molecule has 2 fully saturated rings. The molecule has 4 rings (SSSR count). The molecule has 2 bridgehead atoms. The molecular weight excluding hydrogens is 291 g/mol. The number of rotatable bonds is 2. The number of hydrogen-bond donors (Lipinski definition) is 0. The van der Waals surface area contributed by atoms with E-state index < -0.39 is 34.4 Å². The predicted octanol–water partition coefficient (Wildman–Crippen LogP) is 2.05. The smallest absolute Gasteiger partial charge is 0.271 e. The molecule has 1 saturated heterocycles. The van der Waals surface area contributed by atoms with Gasteiger partial charge in [-0.05, 0) is 24.3 Å². The number of imide groups is 1. The molecule has 1 aromatic rings. The van der Waals surface area contributed by atoms with Crippen LogP contribution in [0.5, 0.6) is 0 Å². The van der Waals surface area contributed by atoms with Crippen LogP contribution in [0.2, 0.25) is 0 Å². The predicted molar refractivity (Wildman–Crippen MR) is 73.3 cm³/mol. The number of fused-ring (bicyclic) bond motifs is 5. The lowest BCUT2D eigenvalue weighted by Crippen LogP contribution is -2.33. The number of amides is 2. The lowest BCUT2D eigenvalue weighted by Gasteiger charge is -2.17. The molecule has 7 heteroatoms. The van der Waals surface area contributed by atoms with E-state index in [2.05, 4.69) is 0 Å². The molecule has 0 radical (unpaired) electrons. The monoisotopic (exact) mass is 302 g/mol. The zero-order valence-electron chi connectivity index (χ0n) is 11.3. The molecule has 0 spiro atoms. The Bertz CT molecular complexity index is 730. The van der Waals surface area contributed by atoms with Gasteiger partial charge in [0.15, 0.2) is 0 Å². The van der Waals surface area contributed by atoms with Gasteiger partial charge in [0.05, 0.1) is 22.4 Å². The van der Waals surface area contributed by atoms with Crippen molar-refractivity contribution in [2.45, 2.75) is 6.42 Å². The summed E-state index contributed by atoms with van der Waals surface area (Å²) < 4.78 is 14.0. The zero-order valence-corrected chi connectivity index (χ0v) is 11.3. The quantitative estimate of drug-likeness (QED) is 0.362. The number of hydrogen-bond acceptors (Lipinski definition) is 4. The number of non-ortho nitro benzene ring substituents is 1. The highest BCUT2D eigenvalue weighted by atomic mass is 19.1. The summed E-state index contributed by atoms with van der Waals surface area (Å²) in [4.78, 5) is 36.1. The maximum Gasteiger partial charge on any atom is 0.271 e. The third kappa shape index (κ3) is 1.53. The lowest BCUT2D eigenvalue weighted by atomic mass is 9.85. The first-order valence-corrected chi connectivity index (χ1v) is 6.99. The molecule has 112 valence electrons. The summed E-state index contributed by atoms with van der Waals surface area (Å²) in [5.74, 6) is -2.61. The Morgan fingerprint density at radius 2 is 1.73 bits per heavy atom. The fourth-order valence-electron chi connectivity index (χ4n) is 3.93. The first kappa shape index (κ1) is 13.1. The molecule has 1 saturated carbocycles. The Hall–Kier alpha value is -2.57. The highest BCUT2D eigenvalue weighted by Gasteiger charge is 2.60. The number of carbonyl (C=O) groups excluding carboxylic acids is 2. The molecule has 0 N–H and O–H groups in total. The third-order valence-corrected chi connectivity index (χ3v) is 4.85. The van der Waals surface area contributed by atoms with Crippen molar-refractivity contribution in [2.24, 2.45) is 23.7 Å². The van der Waals surface area contributed by atoms with Crippen LogP contribution in [0, 0.1) is 39.6 Å². The number of nitro groups is 1. The topological polar surface area (TPSA) is 80.5 Å². The maximum atomic E-state index is 14.0. The summed E-state index contributed by atoms with van der Waals surface area (Å²) in [6.07, 6.45) is 4.65. The molecule has 6 nitrogen and oxygen atoms in total. The van der Waals surface area contributed by atoms with E-state index in [9.17, 15) is 24.1 Å². The van der Waals surface area contributed by atoms with Crippen LogP contribution >= 0.6 is 0 Å². The second-order valence-corrected chi connectivity index (χ2v) is 5.90. The van der Waals surface area contributed by atoms with Crippen LogP contribution in [0.3, 0.4) is 0 Å². The SMILES string of the molecule is O=C1[C@@H]2[C@H](C(=O)N1c1cc([N+](=O)[O-])ccc1F)[C@H]1C=C[C@@H]2C1. The minimum atomic E-state index is -0.812. The Labute approximate surface area is 124 Å². The Morgan fingerprint density at radius 1 is 1.14 bits per heavy atom. The van der Waals surface area contributed by atoms with Gasteiger partial charge in [0.2, 0.25) is 11.8 Å². The number of halogens is 1. The molecule has 2 amide bonds. The van der Waals surface area contributed by atoms with Gasteiger partial charge in [-0.2, -0.15) is 0 Å². The fraction of sp³-hybridized carbons (Fsp3) is 0.333. The van der Waals surface area contributed by atoms with Gasteiger partial charge in [-0.25, -0.2) is 9.29 Å². The van der Waals surface area contributed by atoms with E-state index in [4.69, 9.17) is 0 Å². The molecule has 2 aliphatic carbocycles. The van der Waals surface area contributed by atoms with E-state index in [1.54, 1.807) is 0 Å². The van der Waals surface area contributed by atoms with Gasteiger partial charge in [-0.3, -0.25) is 19.7 Å². The van der Waals surface area contributed by atoms with Gasteiger partial charge in [0, 0.05) is 12.1 Å². The lowest BCUT2D eigenvalue weighted by molar-refractivity contribution is -0.384. The molecule has 0 aromatic heterocycles. The summed E-state index contributed by atoms with van der Waals surface area (Å²) in [5, 5.41) is 10.8. The van der Waals surface area contributed by atoms with Crippen molar-refractivity contribution in [2.75, 3.05) is 4.90 Å². The van der Waals surface area contributed by atoms with Crippen molar-refractivity contribution >= 4 is 23.2 Å². The minimum Gasteiger partial charge on any atom is -0.274 e. The van der Waals surface area contributed by atoms with Crippen molar-refractivity contribution in [1.29, 1.82) is 0 Å². The second kappa shape index (κ2) is 4.22. The van der Waals surface area contributed by atoms with Crippen LogP contribution in [-0.4, -0.2) is 16.7 Å². The van der Waals surface area contributed by atoms with Crippen LogP contribution in [0.15, 0.2) is 30.4 Å². The van der Waals surface area contributed by atoms with E-state index in [1.807, 2.05) is 12.2 Å². The molecule has 1 heterocycles. The number of carbonyl (C=O) groups is 2. The first-order chi connectivity index (χ1) is 10.5. The summed E-state index contributed by atoms with van der Waals surface area (Å²) in [5.41, 5.74) is -0.673. The van der Waals surface area contributed by atoms with Gasteiger partial charge in [0.1, 0.15) is 5.82 Å². The van der Waals surface area contributed by atoms with Gasteiger partial charge < -0.3 is 0 Å². The van der Waals surface area contributed by atoms with E-state index in [0.717, 1.165) is 29.5 Å². The van der Waals surface area contributed by atoms with Crippen molar-refractivity contribution < 1.29 is 18.9 Å². The molecule has 0 unspecified atom stereocenters. The van der Waals surface area contributed by atoms with Crippen LogP contribution in [0.1, 0.15) is 6.42 Å². The summed E-state index contributed by atoms with van der Waals surface area (Å²) >= 11 is 0. The average Bonchev–Trinajstić information content (AvgIpc) is 3.14. The number of allylic oxidation sites excluding steroid dienone is 2. The van der Waals surface area contributed by atoms with Gasteiger partial charge in [-0.15, -0.1) is 0 Å². The second-order valence-electron chi connectivity index (χ2n) is 5.90. The largest absolute Gasteiger partial charge is 0.274 e. The van der Waals surface area contributed by atoms with Crippen LogP contribution in [0.25, 0.3) is 0 Å². The maximum absolute atomic E-state index is 14.0. The standard InChI is InChI=1S/C15H11FN2O4/c16-10-4-3-9(18(21)22)6-11(10)17-14(19)12-7-1-2-8(5-7)13(12)15(17)20/h1-4,6-8,12-13H,5H2/t7-,8+,12+,13-. The average molecular weight is 302 g/mol. The number of benzene rings is 1. The van der Waals surface area contributed by atoms with E-state index in [-0.39, 0.29) is 23.2 Å².